The van der Waals surface area contributed by atoms with Crippen molar-refractivity contribution in [1.82, 2.24) is 9.80 Å². The van der Waals surface area contributed by atoms with Gasteiger partial charge in [-0.05, 0) is 30.4 Å². The van der Waals surface area contributed by atoms with E-state index in [1.165, 1.54) is 30.4 Å². The summed E-state index contributed by atoms with van der Waals surface area (Å²) in [5.74, 6) is 0.227. The topological polar surface area (TPSA) is 43.8 Å². The van der Waals surface area contributed by atoms with Gasteiger partial charge in [-0.2, -0.15) is 0 Å². The minimum Gasteiger partial charge on any atom is -0.394 e. The van der Waals surface area contributed by atoms with Crippen LogP contribution in [0.2, 0.25) is 0 Å². The van der Waals surface area contributed by atoms with E-state index in [0.29, 0.717) is 6.54 Å². The summed E-state index contributed by atoms with van der Waals surface area (Å²) in [7, 11) is 0. The highest BCUT2D eigenvalue weighted by Crippen LogP contribution is 2.29. The van der Waals surface area contributed by atoms with Crippen LogP contribution in [0.25, 0.3) is 0 Å². The van der Waals surface area contributed by atoms with Crippen molar-refractivity contribution in [2.75, 3.05) is 32.8 Å². The second-order valence-electron chi connectivity index (χ2n) is 6.77. The van der Waals surface area contributed by atoms with Crippen LogP contribution in [-0.4, -0.2) is 53.6 Å². The lowest BCUT2D eigenvalue weighted by molar-refractivity contribution is -0.133. The van der Waals surface area contributed by atoms with Crippen LogP contribution in [0.1, 0.15) is 49.3 Å². The zero-order valence-corrected chi connectivity index (χ0v) is 13.9. The van der Waals surface area contributed by atoms with E-state index < -0.39 is 0 Å². The molecule has 1 N–H and O–H groups in total. The molecule has 0 radical (unpaired) electrons. The molecule has 23 heavy (non-hydrogen) atoms. The summed E-state index contributed by atoms with van der Waals surface area (Å²) in [6.07, 6.45) is 6.98. The van der Waals surface area contributed by atoms with Gasteiger partial charge >= 0.3 is 0 Å². The lowest BCUT2D eigenvalue weighted by Crippen LogP contribution is -2.46. The molecule has 3 rings (SSSR count). The summed E-state index contributed by atoms with van der Waals surface area (Å²) in [5.41, 5.74) is 2.49. The standard InChI is InChI=1S/C19H28N2O2/c22-15-18-17-9-5-4-8-16(17)10-13-21(18)14-19(23)20-11-6-2-1-3-7-12-20/h4-5,8-9,18,22H,1-3,6-7,10-15H2. The number of aliphatic hydroxyl groups is 1. The lowest BCUT2D eigenvalue weighted by atomic mass is 9.93. The van der Waals surface area contributed by atoms with Gasteiger partial charge in [0.1, 0.15) is 0 Å². The largest absolute Gasteiger partial charge is 0.394 e. The van der Waals surface area contributed by atoms with Crippen molar-refractivity contribution in [2.45, 2.75) is 44.6 Å². The average Bonchev–Trinajstić information content (AvgIpc) is 2.54. The SMILES string of the molecule is O=C(CN1CCc2ccccc2C1CO)N1CCCCCCC1. The Morgan fingerprint density at radius 3 is 2.48 bits per heavy atom. The second-order valence-corrected chi connectivity index (χ2v) is 6.77. The predicted molar refractivity (Wildman–Crippen MR) is 91.2 cm³/mol. The van der Waals surface area contributed by atoms with Gasteiger partial charge in [0, 0.05) is 19.6 Å². The van der Waals surface area contributed by atoms with Gasteiger partial charge in [0.25, 0.3) is 0 Å². The highest BCUT2D eigenvalue weighted by Gasteiger charge is 2.29. The molecule has 1 aromatic carbocycles. The fourth-order valence-electron chi connectivity index (χ4n) is 3.88. The van der Waals surface area contributed by atoms with E-state index in [0.717, 1.165) is 38.9 Å². The predicted octanol–water partition coefficient (Wildman–Crippen LogP) is 2.37. The first-order chi connectivity index (χ1) is 11.3. The maximum Gasteiger partial charge on any atom is 0.236 e. The molecule has 4 nitrogen and oxygen atoms in total. The highest BCUT2D eigenvalue weighted by molar-refractivity contribution is 5.78. The fourth-order valence-corrected chi connectivity index (χ4v) is 3.88. The van der Waals surface area contributed by atoms with Gasteiger partial charge in [0.2, 0.25) is 5.91 Å². The van der Waals surface area contributed by atoms with Crippen LogP contribution in [0, 0.1) is 0 Å². The summed E-state index contributed by atoms with van der Waals surface area (Å²) >= 11 is 0. The zero-order valence-electron chi connectivity index (χ0n) is 13.9. The third-order valence-corrected chi connectivity index (χ3v) is 5.24. The van der Waals surface area contributed by atoms with Crippen molar-refractivity contribution in [2.24, 2.45) is 0 Å². The van der Waals surface area contributed by atoms with Crippen molar-refractivity contribution in [3.8, 4) is 0 Å². The van der Waals surface area contributed by atoms with Crippen LogP contribution < -0.4 is 0 Å². The van der Waals surface area contributed by atoms with Gasteiger partial charge in [-0.1, -0.05) is 43.5 Å². The molecule has 0 aliphatic carbocycles. The third-order valence-electron chi connectivity index (χ3n) is 5.24. The summed E-state index contributed by atoms with van der Waals surface area (Å²) in [5, 5.41) is 9.85. The van der Waals surface area contributed by atoms with E-state index in [9.17, 15) is 9.90 Å². The van der Waals surface area contributed by atoms with Crippen molar-refractivity contribution in [3.05, 3.63) is 35.4 Å². The number of carbonyl (C=O) groups excluding carboxylic acids is 1. The Morgan fingerprint density at radius 2 is 1.74 bits per heavy atom. The van der Waals surface area contributed by atoms with E-state index in [2.05, 4.69) is 17.0 Å². The minimum absolute atomic E-state index is 0.0429. The normalized spacial score (nSPS) is 23.0. The third kappa shape index (κ3) is 3.93. The van der Waals surface area contributed by atoms with Crippen molar-refractivity contribution in [3.63, 3.8) is 0 Å². The number of likely N-dealkylation sites (tertiary alicyclic amines) is 1. The molecule has 2 heterocycles. The molecular weight excluding hydrogens is 288 g/mol. The van der Waals surface area contributed by atoms with Crippen LogP contribution in [0.3, 0.4) is 0 Å². The molecule has 126 valence electrons. The van der Waals surface area contributed by atoms with E-state index in [4.69, 9.17) is 0 Å². The molecule has 0 bridgehead atoms. The number of amides is 1. The van der Waals surface area contributed by atoms with E-state index in [1.807, 2.05) is 17.0 Å². The van der Waals surface area contributed by atoms with Crippen molar-refractivity contribution >= 4 is 5.91 Å². The molecule has 1 saturated heterocycles. The smallest absolute Gasteiger partial charge is 0.236 e. The summed E-state index contributed by atoms with van der Waals surface area (Å²) in [6.45, 7) is 3.14. The monoisotopic (exact) mass is 316 g/mol. The lowest BCUT2D eigenvalue weighted by Gasteiger charge is -2.37. The molecule has 0 aromatic heterocycles. The molecule has 0 spiro atoms. The molecule has 1 aromatic rings. The quantitative estimate of drug-likeness (QED) is 0.931. The molecule has 1 amide bonds. The summed E-state index contributed by atoms with van der Waals surface area (Å²) in [6, 6.07) is 8.25. The van der Waals surface area contributed by atoms with Gasteiger partial charge < -0.3 is 10.0 Å². The maximum absolute atomic E-state index is 12.7. The van der Waals surface area contributed by atoms with Crippen molar-refractivity contribution < 1.29 is 9.90 Å². The Labute approximate surface area is 139 Å². The van der Waals surface area contributed by atoms with Gasteiger partial charge in [0.15, 0.2) is 0 Å². The number of aliphatic hydroxyl groups excluding tert-OH is 1. The molecule has 2 aliphatic heterocycles. The second kappa shape index (κ2) is 7.93. The number of hydrogen-bond donors (Lipinski definition) is 1. The van der Waals surface area contributed by atoms with Gasteiger partial charge in [-0.15, -0.1) is 0 Å². The molecular formula is C19H28N2O2. The van der Waals surface area contributed by atoms with E-state index >= 15 is 0 Å². The Kier molecular flexibility index (Phi) is 5.68. The van der Waals surface area contributed by atoms with Gasteiger partial charge in [-0.3, -0.25) is 9.69 Å². The number of nitrogens with zero attached hydrogens (tertiary/aromatic N) is 2. The number of carbonyl (C=O) groups is 1. The summed E-state index contributed by atoms with van der Waals surface area (Å²) in [4.78, 5) is 16.9. The summed E-state index contributed by atoms with van der Waals surface area (Å²) < 4.78 is 0. The first-order valence-corrected chi connectivity index (χ1v) is 9.00. The number of rotatable bonds is 3. The van der Waals surface area contributed by atoms with Crippen LogP contribution >= 0.6 is 0 Å². The van der Waals surface area contributed by atoms with Gasteiger partial charge in [0.05, 0.1) is 19.2 Å². The Bertz CT molecular complexity index is 524. The van der Waals surface area contributed by atoms with Crippen LogP contribution in [0.4, 0.5) is 0 Å². The van der Waals surface area contributed by atoms with Crippen LogP contribution in [0.15, 0.2) is 24.3 Å². The molecule has 2 aliphatic rings. The number of hydrogen-bond acceptors (Lipinski definition) is 3. The van der Waals surface area contributed by atoms with Gasteiger partial charge in [-0.25, -0.2) is 0 Å². The fraction of sp³-hybridized carbons (Fsp3) is 0.632. The zero-order chi connectivity index (χ0) is 16.1. The first kappa shape index (κ1) is 16.5. The molecule has 1 fully saturated rings. The molecule has 1 atom stereocenters. The van der Waals surface area contributed by atoms with E-state index in [-0.39, 0.29) is 18.6 Å². The number of benzene rings is 1. The maximum atomic E-state index is 12.7. The Morgan fingerprint density at radius 1 is 1.04 bits per heavy atom. The first-order valence-electron chi connectivity index (χ1n) is 9.00. The molecule has 4 heteroatoms. The molecule has 1 unspecified atom stereocenters. The Balaban J connectivity index is 1.66. The van der Waals surface area contributed by atoms with Crippen LogP contribution in [-0.2, 0) is 11.2 Å². The van der Waals surface area contributed by atoms with E-state index in [1.54, 1.807) is 0 Å². The van der Waals surface area contributed by atoms with Crippen molar-refractivity contribution in [1.29, 1.82) is 0 Å². The Hall–Kier alpha value is -1.39. The van der Waals surface area contributed by atoms with Crippen LogP contribution in [0.5, 0.6) is 0 Å². The number of fused-ring (bicyclic) bond motifs is 1. The minimum atomic E-state index is -0.0429. The average molecular weight is 316 g/mol. The molecule has 0 saturated carbocycles. The highest BCUT2D eigenvalue weighted by atomic mass is 16.3.